The summed E-state index contributed by atoms with van der Waals surface area (Å²) < 4.78 is 27.6. The van der Waals surface area contributed by atoms with Crippen LogP contribution in [0.4, 0.5) is 0 Å². The summed E-state index contributed by atoms with van der Waals surface area (Å²) in [7, 11) is 0. The second-order valence-corrected chi connectivity index (χ2v) is 14.9. The van der Waals surface area contributed by atoms with Gasteiger partial charge >= 0.3 is 0 Å². The lowest BCUT2D eigenvalue weighted by Gasteiger charge is -2.60. The van der Waals surface area contributed by atoms with Gasteiger partial charge in [0.15, 0.2) is 11.5 Å². The van der Waals surface area contributed by atoms with E-state index in [2.05, 4.69) is 33.8 Å². The predicted molar refractivity (Wildman–Crippen MR) is 176 cm³/mol. The van der Waals surface area contributed by atoms with Gasteiger partial charge in [0.2, 0.25) is 6.79 Å². The molecule has 0 bridgehead atoms. The first-order chi connectivity index (χ1) is 21.8. The van der Waals surface area contributed by atoms with E-state index in [4.69, 9.17) is 23.7 Å². The molecule has 45 heavy (non-hydrogen) atoms. The fourth-order valence-electron chi connectivity index (χ4n) is 9.55. The van der Waals surface area contributed by atoms with Gasteiger partial charge in [-0.25, -0.2) is 0 Å². The maximum absolute atomic E-state index is 11.9. The molecule has 1 N–H and O–H groups in total. The number of benzene rings is 1. The van der Waals surface area contributed by atoms with Gasteiger partial charge in [-0.05, 0) is 116 Å². The van der Waals surface area contributed by atoms with Crippen LogP contribution in [0.25, 0.3) is 0 Å². The highest BCUT2D eigenvalue weighted by Gasteiger charge is 2.60. The van der Waals surface area contributed by atoms with Gasteiger partial charge in [0.1, 0.15) is 5.78 Å². The van der Waals surface area contributed by atoms with Crippen molar-refractivity contribution in [1.82, 2.24) is 0 Å². The van der Waals surface area contributed by atoms with Gasteiger partial charge in [-0.1, -0.05) is 40.5 Å². The minimum absolute atomic E-state index is 0.0677. The number of fused-ring (bicyclic) bond motifs is 6. The van der Waals surface area contributed by atoms with E-state index >= 15 is 0 Å². The van der Waals surface area contributed by atoms with E-state index in [9.17, 15) is 9.90 Å². The van der Waals surface area contributed by atoms with Crippen molar-refractivity contribution in [2.24, 2.45) is 34.5 Å². The summed E-state index contributed by atoms with van der Waals surface area (Å²) in [6.45, 7) is 13.3. The zero-order valence-corrected chi connectivity index (χ0v) is 28.6. The lowest BCUT2D eigenvalue weighted by atomic mass is 9.45. The SMILES string of the molecule is CCCCOCCOCCOCc1cc2c(cc1CCC)OCO2.C[C@]12CCC(=O)C[C@@H]1CC[C@@H]1[C@@H]2CC[C@]2(C)[C@@H](O)CC[C@@H]12. The third-order valence-electron chi connectivity index (χ3n) is 12.3. The van der Waals surface area contributed by atoms with Gasteiger partial charge in [0.25, 0.3) is 0 Å². The summed E-state index contributed by atoms with van der Waals surface area (Å²) in [6.07, 6.45) is 14.4. The van der Waals surface area contributed by atoms with Crippen LogP contribution >= 0.6 is 0 Å². The van der Waals surface area contributed by atoms with Gasteiger partial charge in [-0.15, -0.1) is 0 Å². The lowest BCUT2D eigenvalue weighted by molar-refractivity contribution is -0.141. The molecular formula is C38H60O7. The number of carbonyl (C=O) groups is 1. The van der Waals surface area contributed by atoms with Crippen LogP contribution in [0.5, 0.6) is 11.5 Å². The van der Waals surface area contributed by atoms with Crippen LogP contribution in [0.1, 0.15) is 116 Å². The largest absolute Gasteiger partial charge is 0.454 e. The van der Waals surface area contributed by atoms with Crippen molar-refractivity contribution in [3.63, 3.8) is 0 Å². The van der Waals surface area contributed by atoms with Crippen molar-refractivity contribution in [2.45, 2.75) is 124 Å². The number of carbonyl (C=O) groups excluding carboxylic acids is 1. The quantitative estimate of drug-likeness (QED) is 0.224. The smallest absolute Gasteiger partial charge is 0.231 e. The number of hydrogen-bond acceptors (Lipinski definition) is 7. The molecule has 0 saturated heterocycles. The maximum Gasteiger partial charge on any atom is 0.231 e. The molecule has 4 aliphatic carbocycles. The molecule has 6 rings (SSSR count). The summed E-state index contributed by atoms with van der Waals surface area (Å²) >= 11 is 0. The second kappa shape index (κ2) is 16.0. The second-order valence-electron chi connectivity index (χ2n) is 14.9. The molecule has 1 aromatic rings. The van der Waals surface area contributed by atoms with Crippen molar-refractivity contribution in [3.8, 4) is 11.5 Å². The van der Waals surface area contributed by atoms with Crippen molar-refractivity contribution in [2.75, 3.05) is 39.8 Å². The van der Waals surface area contributed by atoms with Crippen LogP contribution in [0, 0.1) is 34.5 Å². The monoisotopic (exact) mass is 628 g/mol. The first kappa shape index (κ1) is 34.7. The Morgan fingerprint density at radius 3 is 2.22 bits per heavy atom. The molecule has 0 radical (unpaired) electrons. The van der Waals surface area contributed by atoms with Crippen LogP contribution < -0.4 is 9.47 Å². The van der Waals surface area contributed by atoms with Gasteiger partial charge in [-0.2, -0.15) is 0 Å². The molecule has 0 amide bonds. The molecule has 4 fully saturated rings. The molecule has 0 unspecified atom stereocenters. The highest BCUT2D eigenvalue weighted by atomic mass is 16.7. The predicted octanol–water partition coefficient (Wildman–Crippen LogP) is 7.68. The molecule has 5 aliphatic rings. The summed E-state index contributed by atoms with van der Waals surface area (Å²) in [5.41, 5.74) is 3.04. The average Bonchev–Trinajstić information content (AvgIpc) is 3.61. The minimum Gasteiger partial charge on any atom is -0.454 e. The number of unbranched alkanes of at least 4 members (excludes halogenated alkanes) is 1. The summed E-state index contributed by atoms with van der Waals surface area (Å²) in [4.78, 5) is 11.9. The first-order valence-electron chi connectivity index (χ1n) is 18.1. The summed E-state index contributed by atoms with van der Waals surface area (Å²) in [6, 6.07) is 4.12. The molecule has 1 aromatic carbocycles. The normalized spacial score (nSPS) is 33.2. The molecule has 1 heterocycles. The number of aryl methyl sites for hydroxylation is 1. The van der Waals surface area contributed by atoms with E-state index in [0.29, 0.717) is 56.9 Å². The third-order valence-corrected chi connectivity index (χ3v) is 12.3. The van der Waals surface area contributed by atoms with Gasteiger partial charge < -0.3 is 28.8 Å². The van der Waals surface area contributed by atoms with E-state index < -0.39 is 0 Å². The zero-order valence-electron chi connectivity index (χ0n) is 28.6. The van der Waals surface area contributed by atoms with E-state index in [1.807, 2.05) is 6.07 Å². The number of ketones is 1. The van der Waals surface area contributed by atoms with Crippen LogP contribution in [-0.2, 0) is 32.0 Å². The number of rotatable bonds is 13. The Bertz CT molecular complexity index is 1110. The van der Waals surface area contributed by atoms with Crippen LogP contribution in [-0.4, -0.2) is 56.8 Å². The van der Waals surface area contributed by atoms with Crippen LogP contribution in [0.15, 0.2) is 12.1 Å². The minimum atomic E-state index is -0.0677. The number of aliphatic hydroxyl groups is 1. The number of hydrogen-bond donors (Lipinski definition) is 1. The highest BCUT2D eigenvalue weighted by molar-refractivity contribution is 5.79. The average molecular weight is 629 g/mol. The lowest BCUT2D eigenvalue weighted by Crippen LogP contribution is -2.54. The molecule has 7 nitrogen and oxygen atoms in total. The highest BCUT2D eigenvalue weighted by Crippen LogP contribution is 2.65. The van der Waals surface area contributed by atoms with Crippen molar-refractivity contribution in [1.29, 1.82) is 0 Å². The maximum atomic E-state index is 11.9. The van der Waals surface area contributed by atoms with Gasteiger partial charge in [-0.3, -0.25) is 4.79 Å². The Kier molecular flexibility index (Phi) is 12.3. The Morgan fingerprint density at radius 2 is 1.49 bits per heavy atom. The third kappa shape index (κ3) is 7.90. The Morgan fingerprint density at radius 1 is 0.800 bits per heavy atom. The van der Waals surface area contributed by atoms with E-state index in [0.717, 1.165) is 87.2 Å². The van der Waals surface area contributed by atoms with E-state index in [1.54, 1.807) is 0 Å². The van der Waals surface area contributed by atoms with E-state index in [-0.39, 0.29) is 11.5 Å². The fourth-order valence-corrected chi connectivity index (χ4v) is 9.55. The molecule has 4 saturated carbocycles. The number of ether oxygens (including phenoxy) is 5. The molecular weight excluding hydrogens is 568 g/mol. The van der Waals surface area contributed by atoms with Gasteiger partial charge in [0, 0.05) is 19.4 Å². The topological polar surface area (TPSA) is 83.5 Å². The van der Waals surface area contributed by atoms with Crippen molar-refractivity contribution >= 4 is 5.78 Å². The van der Waals surface area contributed by atoms with Gasteiger partial charge in [0.05, 0.1) is 39.1 Å². The molecule has 0 spiro atoms. The van der Waals surface area contributed by atoms with Crippen molar-refractivity contribution in [3.05, 3.63) is 23.3 Å². The van der Waals surface area contributed by atoms with Crippen molar-refractivity contribution < 1.29 is 33.6 Å². The molecule has 0 aromatic heterocycles. The zero-order chi connectivity index (χ0) is 31.9. The molecule has 7 atom stereocenters. The summed E-state index contributed by atoms with van der Waals surface area (Å²) in [5.74, 6) is 5.18. The summed E-state index contributed by atoms with van der Waals surface area (Å²) in [5, 5.41) is 10.5. The standard InChI is InChI=1S/C19H30O5.C19H30O2/c1-3-5-7-20-8-9-21-10-11-22-14-17-13-19-18(23-15-24-19)12-16(17)6-4-2;1-18-9-7-13(20)11-12(18)3-4-14-15-5-6-17(21)19(15,2)10-8-16(14)18/h12-13H,3-11,14-15H2,1-2H3;12,14-17,21H,3-11H2,1-2H3/t;12-,14-,15-,16-,17-,18-,19-/m.0/s1. The molecule has 254 valence electrons. The Balaban J connectivity index is 0.000000179. The first-order valence-corrected chi connectivity index (χ1v) is 18.1. The fraction of sp³-hybridized carbons (Fsp3) is 0.816. The molecule has 7 heteroatoms. The van der Waals surface area contributed by atoms with E-state index in [1.165, 1.54) is 43.2 Å². The van der Waals surface area contributed by atoms with Crippen LogP contribution in [0.2, 0.25) is 0 Å². The van der Waals surface area contributed by atoms with Crippen LogP contribution in [0.3, 0.4) is 0 Å². The Labute approximate surface area is 272 Å². The Hall–Kier alpha value is -1.67. The number of aliphatic hydroxyl groups excluding tert-OH is 1. The molecule has 1 aliphatic heterocycles. The number of Topliss-reactive ketones (excluding diaryl/α,β-unsaturated/α-hetero) is 1.